The second-order valence-electron chi connectivity index (χ2n) is 4.12. The average molecular weight is 193 g/mol. The zero-order chi connectivity index (χ0) is 10.6. The van der Waals surface area contributed by atoms with Gasteiger partial charge in [-0.25, -0.2) is 0 Å². The first-order valence-corrected chi connectivity index (χ1v) is 5.14. The normalized spacial score (nSPS) is 10.9. The highest BCUT2D eigenvalue weighted by Gasteiger charge is 2.03. The summed E-state index contributed by atoms with van der Waals surface area (Å²) >= 11 is 0. The summed E-state index contributed by atoms with van der Waals surface area (Å²) in [7, 11) is 0. The molecule has 1 rings (SSSR count). The molecule has 0 amide bonds. The highest BCUT2D eigenvalue weighted by Crippen LogP contribution is 2.10. The van der Waals surface area contributed by atoms with Crippen molar-refractivity contribution in [2.75, 3.05) is 0 Å². The fourth-order valence-corrected chi connectivity index (χ4v) is 1.23. The van der Waals surface area contributed by atoms with Crippen LogP contribution in [0.4, 0.5) is 0 Å². The van der Waals surface area contributed by atoms with Gasteiger partial charge in [0.25, 0.3) is 0 Å². The molecule has 0 radical (unpaired) electrons. The van der Waals surface area contributed by atoms with Gasteiger partial charge in [0.05, 0.1) is 5.69 Å². The standard InChI is InChI=1S/C11H19N3/c1-9(2)6-5-7-14-8-11(10(3)4)12-13-14/h8,10H,1,5-7H2,2-4H3. The van der Waals surface area contributed by atoms with Crippen LogP contribution >= 0.6 is 0 Å². The van der Waals surface area contributed by atoms with E-state index in [2.05, 4.69) is 37.7 Å². The number of allylic oxidation sites excluding steroid dienone is 1. The monoisotopic (exact) mass is 193 g/mol. The Hall–Kier alpha value is -1.12. The Morgan fingerprint density at radius 2 is 2.29 bits per heavy atom. The van der Waals surface area contributed by atoms with E-state index in [4.69, 9.17) is 0 Å². The molecule has 0 bridgehead atoms. The summed E-state index contributed by atoms with van der Waals surface area (Å²) in [5, 5.41) is 8.18. The van der Waals surface area contributed by atoms with Gasteiger partial charge in [-0.15, -0.1) is 11.7 Å². The van der Waals surface area contributed by atoms with Crippen LogP contribution in [0, 0.1) is 0 Å². The molecule has 1 aromatic heterocycles. The lowest BCUT2D eigenvalue weighted by molar-refractivity contribution is 0.558. The summed E-state index contributed by atoms with van der Waals surface area (Å²) in [5.41, 5.74) is 2.30. The molecule has 0 saturated carbocycles. The summed E-state index contributed by atoms with van der Waals surface area (Å²) in [6, 6.07) is 0. The minimum absolute atomic E-state index is 0.463. The zero-order valence-electron chi connectivity index (χ0n) is 9.32. The van der Waals surface area contributed by atoms with Gasteiger partial charge in [0, 0.05) is 12.7 Å². The molecule has 0 N–H and O–H groups in total. The van der Waals surface area contributed by atoms with Crippen LogP contribution in [0.5, 0.6) is 0 Å². The van der Waals surface area contributed by atoms with E-state index in [0.717, 1.165) is 25.1 Å². The number of aryl methyl sites for hydroxylation is 1. The first-order valence-electron chi connectivity index (χ1n) is 5.14. The van der Waals surface area contributed by atoms with Crippen LogP contribution in [0.2, 0.25) is 0 Å². The second-order valence-corrected chi connectivity index (χ2v) is 4.12. The predicted octanol–water partition coefficient (Wildman–Crippen LogP) is 2.76. The molecule has 3 heteroatoms. The third-order valence-corrected chi connectivity index (χ3v) is 2.14. The van der Waals surface area contributed by atoms with Crippen molar-refractivity contribution in [2.24, 2.45) is 0 Å². The molecule has 0 spiro atoms. The van der Waals surface area contributed by atoms with Gasteiger partial charge in [-0.05, 0) is 25.7 Å². The molecule has 78 valence electrons. The van der Waals surface area contributed by atoms with Gasteiger partial charge >= 0.3 is 0 Å². The van der Waals surface area contributed by atoms with Crippen molar-refractivity contribution in [2.45, 2.75) is 46.1 Å². The molecule has 0 aromatic carbocycles. The van der Waals surface area contributed by atoms with Crippen LogP contribution < -0.4 is 0 Å². The fourth-order valence-electron chi connectivity index (χ4n) is 1.23. The van der Waals surface area contributed by atoms with Crippen molar-refractivity contribution >= 4 is 0 Å². The van der Waals surface area contributed by atoms with E-state index in [1.165, 1.54) is 5.57 Å². The Kier molecular flexibility index (Phi) is 3.86. The van der Waals surface area contributed by atoms with Gasteiger partial charge in [0.15, 0.2) is 0 Å². The Balaban J connectivity index is 2.40. The van der Waals surface area contributed by atoms with E-state index in [-0.39, 0.29) is 0 Å². The van der Waals surface area contributed by atoms with E-state index in [1.807, 2.05) is 10.9 Å². The van der Waals surface area contributed by atoms with E-state index in [9.17, 15) is 0 Å². The quantitative estimate of drug-likeness (QED) is 0.673. The van der Waals surface area contributed by atoms with Crippen LogP contribution in [0.1, 0.15) is 45.2 Å². The molecular weight excluding hydrogens is 174 g/mol. The number of hydrogen-bond acceptors (Lipinski definition) is 2. The molecule has 1 heterocycles. The number of nitrogens with zero attached hydrogens (tertiary/aromatic N) is 3. The largest absolute Gasteiger partial charge is 0.252 e. The lowest BCUT2D eigenvalue weighted by Crippen LogP contribution is -1.98. The maximum absolute atomic E-state index is 4.10. The third kappa shape index (κ3) is 3.32. The number of rotatable bonds is 5. The van der Waals surface area contributed by atoms with E-state index in [1.54, 1.807) is 0 Å². The summed E-state index contributed by atoms with van der Waals surface area (Å²) in [4.78, 5) is 0. The van der Waals surface area contributed by atoms with E-state index >= 15 is 0 Å². The molecule has 0 aliphatic heterocycles. The van der Waals surface area contributed by atoms with Crippen LogP contribution in [-0.4, -0.2) is 15.0 Å². The van der Waals surface area contributed by atoms with Crippen molar-refractivity contribution in [1.29, 1.82) is 0 Å². The predicted molar refractivity (Wildman–Crippen MR) is 58.2 cm³/mol. The minimum atomic E-state index is 0.463. The highest BCUT2D eigenvalue weighted by molar-refractivity contribution is 4.98. The van der Waals surface area contributed by atoms with Crippen molar-refractivity contribution in [3.05, 3.63) is 24.0 Å². The van der Waals surface area contributed by atoms with Gasteiger partial charge in [0.2, 0.25) is 0 Å². The van der Waals surface area contributed by atoms with Crippen molar-refractivity contribution < 1.29 is 0 Å². The summed E-state index contributed by atoms with van der Waals surface area (Å²) in [6.07, 6.45) is 4.19. The van der Waals surface area contributed by atoms with Crippen LogP contribution in [0.15, 0.2) is 18.3 Å². The molecular formula is C11H19N3. The maximum Gasteiger partial charge on any atom is 0.0852 e. The molecule has 0 fully saturated rings. The first kappa shape index (κ1) is 11.0. The number of aromatic nitrogens is 3. The molecule has 0 atom stereocenters. The fraction of sp³-hybridized carbons (Fsp3) is 0.636. The molecule has 0 saturated heterocycles. The van der Waals surface area contributed by atoms with Gasteiger partial charge in [-0.3, -0.25) is 4.68 Å². The summed E-state index contributed by atoms with van der Waals surface area (Å²) in [5.74, 6) is 0.463. The number of hydrogen-bond donors (Lipinski definition) is 0. The third-order valence-electron chi connectivity index (χ3n) is 2.14. The topological polar surface area (TPSA) is 30.7 Å². The molecule has 0 aliphatic carbocycles. The Labute approximate surface area is 85.8 Å². The Morgan fingerprint density at radius 3 is 2.79 bits per heavy atom. The lowest BCUT2D eigenvalue weighted by atomic mass is 10.1. The average Bonchev–Trinajstić information content (AvgIpc) is 2.52. The maximum atomic E-state index is 4.10. The zero-order valence-corrected chi connectivity index (χ0v) is 9.32. The second kappa shape index (κ2) is 4.94. The molecule has 0 unspecified atom stereocenters. The summed E-state index contributed by atoms with van der Waals surface area (Å²) in [6.45, 7) is 11.1. The Bertz CT molecular complexity index is 299. The SMILES string of the molecule is C=C(C)CCCn1cc(C(C)C)nn1. The smallest absolute Gasteiger partial charge is 0.0852 e. The van der Waals surface area contributed by atoms with Crippen molar-refractivity contribution in [3.63, 3.8) is 0 Å². The highest BCUT2D eigenvalue weighted by atomic mass is 15.4. The van der Waals surface area contributed by atoms with Gasteiger partial charge in [-0.2, -0.15) is 0 Å². The molecule has 3 nitrogen and oxygen atoms in total. The molecule has 14 heavy (non-hydrogen) atoms. The lowest BCUT2D eigenvalue weighted by Gasteiger charge is -1.99. The summed E-state index contributed by atoms with van der Waals surface area (Å²) < 4.78 is 1.91. The van der Waals surface area contributed by atoms with E-state index in [0.29, 0.717) is 5.92 Å². The first-order chi connectivity index (χ1) is 6.59. The van der Waals surface area contributed by atoms with Crippen LogP contribution in [-0.2, 0) is 6.54 Å². The van der Waals surface area contributed by atoms with Crippen LogP contribution in [0.3, 0.4) is 0 Å². The molecule has 0 aliphatic rings. The van der Waals surface area contributed by atoms with Crippen molar-refractivity contribution in [3.8, 4) is 0 Å². The Morgan fingerprint density at radius 1 is 1.57 bits per heavy atom. The van der Waals surface area contributed by atoms with E-state index < -0.39 is 0 Å². The van der Waals surface area contributed by atoms with Crippen molar-refractivity contribution in [1.82, 2.24) is 15.0 Å². The van der Waals surface area contributed by atoms with Crippen LogP contribution in [0.25, 0.3) is 0 Å². The van der Waals surface area contributed by atoms with Gasteiger partial charge < -0.3 is 0 Å². The van der Waals surface area contributed by atoms with Gasteiger partial charge in [-0.1, -0.05) is 24.6 Å². The van der Waals surface area contributed by atoms with Gasteiger partial charge in [0.1, 0.15) is 0 Å². The minimum Gasteiger partial charge on any atom is -0.252 e. The molecule has 1 aromatic rings.